The van der Waals surface area contributed by atoms with Gasteiger partial charge >= 0.3 is 0 Å². The molecule has 0 aromatic heterocycles. The second-order valence-corrected chi connectivity index (χ2v) is 4.56. The number of hydrogen-bond donors (Lipinski definition) is 5. The highest BCUT2D eigenvalue weighted by molar-refractivity contribution is 5.74. The van der Waals surface area contributed by atoms with Gasteiger partial charge in [0.05, 0.1) is 17.9 Å². The first kappa shape index (κ1) is 18.1. The van der Waals surface area contributed by atoms with E-state index in [0.29, 0.717) is 12.8 Å². The van der Waals surface area contributed by atoms with Crippen molar-refractivity contribution in [2.45, 2.75) is 32.0 Å². The van der Waals surface area contributed by atoms with Gasteiger partial charge in [0.25, 0.3) is 0 Å². The van der Waals surface area contributed by atoms with Crippen LogP contribution in [-0.2, 0) is 0 Å². The van der Waals surface area contributed by atoms with Gasteiger partial charge in [0.1, 0.15) is 5.69 Å². The summed E-state index contributed by atoms with van der Waals surface area (Å²) in [6, 6.07) is 3.42. The number of hydrogen-bond acceptors (Lipinski definition) is 10. The van der Waals surface area contributed by atoms with E-state index < -0.39 is 17.4 Å². The first-order chi connectivity index (χ1) is 10.3. The highest BCUT2D eigenvalue weighted by Gasteiger charge is 2.09. The number of rotatable bonds is 8. The molecular weight excluding hydrogens is 296 g/mol. The highest BCUT2D eigenvalue weighted by Crippen LogP contribution is 2.29. The van der Waals surface area contributed by atoms with Crippen LogP contribution in [-0.4, -0.2) is 39.1 Å². The highest BCUT2D eigenvalue weighted by atomic mass is 16.8. The molecule has 10 heteroatoms. The summed E-state index contributed by atoms with van der Waals surface area (Å²) in [4.78, 5) is 0. The van der Waals surface area contributed by atoms with E-state index in [4.69, 9.17) is 15.5 Å². The first-order valence-corrected chi connectivity index (χ1v) is 6.43. The molecule has 1 aromatic rings. The third-order valence-electron chi connectivity index (χ3n) is 2.83. The lowest BCUT2D eigenvalue weighted by Gasteiger charge is -2.37. The number of anilines is 3. The number of benzene rings is 1. The van der Waals surface area contributed by atoms with Crippen LogP contribution in [0.5, 0.6) is 0 Å². The fourth-order valence-corrected chi connectivity index (χ4v) is 1.56. The summed E-state index contributed by atoms with van der Waals surface area (Å²) in [7, 11) is 0. The SMILES string of the molecule is CC(O)C(O)CCC=NNc1ccc(N([O-])[O-])cc1N(O)O. The van der Waals surface area contributed by atoms with Gasteiger partial charge in [-0.25, -0.2) is 0 Å². The Hall–Kier alpha value is -1.95. The quantitative estimate of drug-likeness (QED) is 0.348. The molecule has 0 saturated carbocycles. The summed E-state index contributed by atoms with van der Waals surface area (Å²) in [6.45, 7) is 1.47. The third kappa shape index (κ3) is 5.44. The largest absolute Gasteiger partial charge is 0.769 e. The van der Waals surface area contributed by atoms with E-state index in [1.54, 1.807) is 0 Å². The minimum atomic E-state index is -0.855. The topological polar surface area (TPSA) is 158 Å². The maximum Gasteiger partial charge on any atom is 0.121 e. The Bertz CT molecular complexity index is 495. The van der Waals surface area contributed by atoms with Crippen LogP contribution < -0.4 is 15.9 Å². The second-order valence-electron chi connectivity index (χ2n) is 4.56. The Morgan fingerprint density at radius 1 is 1.32 bits per heavy atom. The average molecular weight is 314 g/mol. The van der Waals surface area contributed by atoms with Gasteiger partial charge in [0, 0.05) is 11.9 Å². The van der Waals surface area contributed by atoms with E-state index in [-0.39, 0.29) is 22.3 Å². The molecule has 22 heavy (non-hydrogen) atoms. The van der Waals surface area contributed by atoms with Crippen LogP contribution in [0.15, 0.2) is 23.3 Å². The van der Waals surface area contributed by atoms with Crippen molar-refractivity contribution in [2.24, 2.45) is 5.10 Å². The van der Waals surface area contributed by atoms with Gasteiger partial charge in [0.2, 0.25) is 0 Å². The molecule has 10 nitrogen and oxygen atoms in total. The van der Waals surface area contributed by atoms with Gasteiger partial charge in [-0.15, -0.1) is 5.23 Å². The molecule has 0 fully saturated rings. The molecule has 0 radical (unpaired) electrons. The number of nitrogens with one attached hydrogen (secondary N) is 1. The summed E-state index contributed by atoms with van der Waals surface area (Å²) in [6.07, 6.45) is 0.424. The fraction of sp³-hybridized carbons (Fsp3) is 0.417. The van der Waals surface area contributed by atoms with Crippen LogP contribution in [0.25, 0.3) is 0 Å². The van der Waals surface area contributed by atoms with E-state index in [2.05, 4.69) is 10.5 Å². The molecule has 1 aromatic carbocycles. The lowest BCUT2D eigenvalue weighted by Crippen LogP contribution is -2.22. The molecule has 2 atom stereocenters. The normalized spacial score (nSPS) is 14.0. The van der Waals surface area contributed by atoms with Crippen molar-refractivity contribution < 1.29 is 20.6 Å². The smallest absolute Gasteiger partial charge is 0.121 e. The monoisotopic (exact) mass is 314 g/mol. The summed E-state index contributed by atoms with van der Waals surface area (Å²) >= 11 is 0. The number of aliphatic hydroxyl groups excluding tert-OH is 2. The summed E-state index contributed by atoms with van der Waals surface area (Å²) < 4.78 is 0. The molecule has 5 N–H and O–H groups in total. The van der Waals surface area contributed by atoms with Crippen LogP contribution in [0, 0.1) is 10.4 Å². The average Bonchev–Trinajstić information content (AvgIpc) is 2.46. The minimum Gasteiger partial charge on any atom is -0.769 e. The molecule has 0 aliphatic heterocycles. The van der Waals surface area contributed by atoms with E-state index in [0.717, 1.165) is 6.07 Å². The number of nitrogens with zero attached hydrogens (tertiary/aromatic N) is 3. The number of hydrazone groups is 1. The van der Waals surface area contributed by atoms with Gasteiger partial charge in [-0.3, -0.25) is 15.8 Å². The predicted molar refractivity (Wildman–Crippen MR) is 80.7 cm³/mol. The van der Waals surface area contributed by atoms with Gasteiger partial charge in [-0.2, -0.15) is 5.10 Å². The van der Waals surface area contributed by atoms with Crippen molar-refractivity contribution in [1.29, 1.82) is 0 Å². The van der Waals surface area contributed by atoms with Crippen molar-refractivity contribution in [3.63, 3.8) is 0 Å². The third-order valence-corrected chi connectivity index (χ3v) is 2.83. The van der Waals surface area contributed by atoms with Crippen molar-refractivity contribution >= 4 is 23.3 Å². The van der Waals surface area contributed by atoms with Gasteiger partial charge in [0.15, 0.2) is 0 Å². The lowest BCUT2D eigenvalue weighted by atomic mass is 10.1. The summed E-state index contributed by atoms with van der Waals surface area (Å²) in [5.74, 6) is 0. The van der Waals surface area contributed by atoms with E-state index >= 15 is 0 Å². The van der Waals surface area contributed by atoms with E-state index in [1.807, 2.05) is 0 Å². The standard InChI is InChI=1S/C12H18N4O6/c1-8(17)12(18)3-2-6-13-14-10-5-4-9(15(19)20)7-11(10)16(21)22/h4-8,12,14,17-18,21-22H,2-3H2,1H3/q-2. The molecule has 0 saturated heterocycles. The zero-order chi connectivity index (χ0) is 16.7. The summed E-state index contributed by atoms with van der Waals surface area (Å²) in [5.41, 5.74) is 2.10. The molecule has 0 aliphatic carbocycles. The molecule has 1 rings (SSSR count). The number of aliphatic hydroxyl groups is 2. The molecular formula is C12H18N4O6-2. The predicted octanol–water partition coefficient (Wildman–Crippen LogP) is 0.993. The molecule has 0 spiro atoms. The van der Waals surface area contributed by atoms with Crippen molar-refractivity contribution in [3.05, 3.63) is 28.6 Å². The molecule has 2 unspecified atom stereocenters. The van der Waals surface area contributed by atoms with Crippen LogP contribution in [0.2, 0.25) is 0 Å². The maximum atomic E-state index is 10.6. The van der Waals surface area contributed by atoms with Gasteiger partial charge in [-0.1, -0.05) is 0 Å². The Labute approximate surface area is 126 Å². The molecule has 0 amide bonds. The molecule has 0 bridgehead atoms. The maximum absolute atomic E-state index is 10.6. The zero-order valence-electron chi connectivity index (χ0n) is 11.8. The van der Waals surface area contributed by atoms with Crippen LogP contribution in [0.3, 0.4) is 0 Å². The van der Waals surface area contributed by atoms with Crippen LogP contribution >= 0.6 is 0 Å². The van der Waals surface area contributed by atoms with Crippen LogP contribution in [0.4, 0.5) is 17.1 Å². The second kappa shape index (κ2) is 8.48. The van der Waals surface area contributed by atoms with Crippen molar-refractivity contribution in [1.82, 2.24) is 0 Å². The molecule has 0 aliphatic rings. The van der Waals surface area contributed by atoms with Gasteiger partial charge in [-0.05, 0) is 38.0 Å². The molecule has 124 valence electrons. The molecule has 0 heterocycles. The van der Waals surface area contributed by atoms with E-state index in [9.17, 15) is 15.5 Å². The summed E-state index contributed by atoms with van der Waals surface area (Å²) in [5, 5.41) is 60.7. The Morgan fingerprint density at radius 2 is 2.00 bits per heavy atom. The van der Waals surface area contributed by atoms with E-state index in [1.165, 1.54) is 25.3 Å². The Kier molecular flexibility index (Phi) is 6.98. The first-order valence-electron chi connectivity index (χ1n) is 6.43. The lowest BCUT2D eigenvalue weighted by molar-refractivity contribution is 0.0277. The minimum absolute atomic E-state index is 0.142. The Balaban J connectivity index is 2.65. The fourth-order valence-electron chi connectivity index (χ4n) is 1.56. The van der Waals surface area contributed by atoms with Crippen molar-refractivity contribution in [3.8, 4) is 0 Å². The van der Waals surface area contributed by atoms with Crippen LogP contribution in [0.1, 0.15) is 19.8 Å². The zero-order valence-corrected chi connectivity index (χ0v) is 11.8. The van der Waals surface area contributed by atoms with Crippen molar-refractivity contribution in [2.75, 3.05) is 15.9 Å². The Morgan fingerprint density at radius 3 is 2.55 bits per heavy atom. The van der Waals surface area contributed by atoms with Gasteiger partial charge < -0.3 is 25.9 Å².